The summed E-state index contributed by atoms with van der Waals surface area (Å²) in [7, 11) is 0. The zero-order valence-electron chi connectivity index (χ0n) is 11.7. The summed E-state index contributed by atoms with van der Waals surface area (Å²) in [6.07, 6.45) is -5.23. The molecule has 0 saturated heterocycles. The van der Waals surface area contributed by atoms with Gasteiger partial charge in [-0.15, -0.1) is 0 Å². The van der Waals surface area contributed by atoms with Crippen LogP contribution >= 0.6 is 0 Å². The van der Waals surface area contributed by atoms with Gasteiger partial charge in [-0.1, -0.05) is 12.1 Å². The van der Waals surface area contributed by atoms with Gasteiger partial charge >= 0.3 is 6.18 Å². The van der Waals surface area contributed by atoms with Gasteiger partial charge in [0.05, 0.1) is 11.7 Å². The minimum atomic E-state index is -4.43. The molecule has 1 unspecified atom stereocenters. The molecule has 0 radical (unpaired) electrons. The van der Waals surface area contributed by atoms with Crippen LogP contribution < -0.4 is 10.6 Å². The predicted molar refractivity (Wildman–Crippen MR) is 72.6 cm³/mol. The van der Waals surface area contributed by atoms with Crippen molar-refractivity contribution < 1.29 is 23.1 Å². The van der Waals surface area contributed by atoms with E-state index in [-0.39, 0.29) is 24.4 Å². The first-order valence-corrected chi connectivity index (χ1v) is 6.67. The molecular formula is C14H19F3N2O2. The Hall–Kier alpha value is -1.60. The molecule has 0 aliphatic heterocycles. The number of hydrogen-bond donors (Lipinski definition) is 3. The highest BCUT2D eigenvalue weighted by Gasteiger charge is 2.30. The Labute approximate surface area is 121 Å². The van der Waals surface area contributed by atoms with Crippen LogP contribution in [0.2, 0.25) is 0 Å². The second kappa shape index (κ2) is 7.99. The van der Waals surface area contributed by atoms with Crippen molar-refractivity contribution in [3.63, 3.8) is 0 Å². The van der Waals surface area contributed by atoms with Gasteiger partial charge < -0.3 is 15.7 Å². The summed E-state index contributed by atoms with van der Waals surface area (Å²) in [4.78, 5) is 11.2. The van der Waals surface area contributed by atoms with Crippen LogP contribution in [0.25, 0.3) is 0 Å². The number of aliphatic hydroxyl groups is 1. The Balaban J connectivity index is 2.45. The Morgan fingerprint density at radius 3 is 2.71 bits per heavy atom. The molecule has 0 aliphatic carbocycles. The fraction of sp³-hybridized carbons (Fsp3) is 0.500. The summed E-state index contributed by atoms with van der Waals surface area (Å²) in [5.41, 5.74) is -0.600. The van der Waals surface area contributed by atoms with Crippen LogP contribution in [0, 0.1) is 0 Å². The average molecular weight is 304 g/mol. The first kappa shape index (κ1) is 17.5. The van der Waals surface area contributed by atoms with Gasteiger partial charge in [0.2, 0.25) is 5.91 Å². The molecule has 0 saturated carbocycles. The van der Waals surface area contributed by atoms with Gasteiger partial charge in [-0.25, -0.2) is 0 Å². The summed E-state index contributed by atoms with van der Waals surface area (Å²) in [6.45, 7) is 2.79. The summed E-state index contributed by atoms with van der Waals surface area (Å²) in [5, 5.41) is 15.3. The van der Waals surface area contributed by atoms with Crippen molar-refractivity contribution >= 4 is 5.91 Å². The molecule has 0 fully saturated rings. The Bertz CT molecular complexity index is 464. The third-order valence-electron chi connectivity index (χ3n) is 2.84. The number of aliphatic hydroxyl groups excluding tert-OH is 1. The normalized spacial score (nSPS) is 13.0. The van der Waals surface area contributed by atoms with E-state index in [0.717, 1.165) is 12.1 Å². The second-order valence-electron chi connectivity index (χ2n) is 4.55. The molecule has 0 aromatic heterocycles. The highest BCUT2D eigenvalue weighted by molar-refractivity contribution is 5.75. The number of benzene rings is 1. The van der Waals surface area contributed by atoms with E-state index in [0.29, 0.717) is 13.1 Å². The molecule has 3 N–H and O–H groups in total. The van der Waals surface area contributed by atoms with Crippen LogP contribution in [0.3, 0.4) is 0 Å². The zero-order valence-corrected chi connectivity index (χ0v) is 11.7. The molecule has 1 amide bonds. The third-order valence-corrected chi connectivity index (χ3v) is 2.84. The lowest BCUT2D eigenvalue weighted by Crippen LogP contribution is -2.29. The highest BCUT2D eigenvalue weighted by atomic mass is 19.4. The first-order chi connectivity index (χ1) is 9.84. The van der Waals surface area contributed by atoms with Gasteiger partial charge in [0, 0.05) is 26.1 Å². The highest BCUT2D eigenvalue weighted by Crippen LogP contribution is 2.30. The van der Waals surface area contributed by atoms with Crippen molar-refractivity contribution in [2.45, 2.75) is 25.6 Å². The molecule has 21 heavy (non-hydrogen) atoms. The fourth-order valence-corrected chi connectivity index (χ4v) is 1.77. The maximum absolute atomic E-state index is 12.6. The molecule has 1 atom stereocenters. The van der Waals surface area contributed by atoms with E-state index in [1.807, 2.05) is 6.92 Å². The van der Waals surface area contributed by atoms with Crippen molar-refractivity contribution in [3.05, 3.63) is 35.4 Å². The molecule has 0 aliphatic rings. The fourth-order valence-electron chi connectivity index (χ4n) is 1.77. The summed E-state index contributed by atoms with van der Waals surface area (Å²) >= 11 is 0. The maximum Gasteiger partial charge on any atom is 0.416 e. The van der Waals surface area contributed by atoms with Gasteiger partial charge in [0.1, 0.15) is 0 Å². The van der Waals surface area contributed by atoms with Gasteiger partial charge in [0.25, 0.3) is 0 Å². The standard InChI is InChI=1S/C14H19F3N2O2/c1-2-19-13(21)6-7-18-9-12(20)10-4-3-5-11(8-10)14(15,16)17/h3-5,8,12,18,20H,2,6-7,9H2,1H3,(H,19,21). The van der Waals surface area contributed by atoms with Crippen molar-refractivity contribution in [1.29, 1.82) is 0 Å². The smallest absolute Gasteiger partial charge is 0.387 e. The molecule has 1 aromatic carbocycles. The van der Waals surface area contributed by atoms with Crippen molar-refractivity contribution in [2.24, 2.45) is 0 Å². The number of carbonyl (C=O) groups excluding carboxylic acids is 1. The summed E-state index contributed by atoms with van der Waals surface area (Å²) in [5.74, 6) is -0.112. The molecule has 0 bridgehead atoms. The summed E-state index contributed by atoms with van der Waals surface area (Å²) < 4.78 is 37.7. The van der Waals surface area contributed by atoms with E-state index < -0.39 is 17.8 Å². The maximum atomic E-state index is 12.6. The van der Waals surface area contributed by atoms with E-state index in [9.17, 15) is 23.1 Å². The predicted octanol–water partition coefficient (Wildman–Crippen LogP) is 1.85. The number of hydrogen-bond acceptors (Lipinski definition) is 3. The largest absolute Gasteiger partial charge is 0.416 e. The molecule has 0 heterocycles. The minimum Gasteiger partial charge on any atom is -0.387 e. The Kier molecular flexibility index (Phi) is 6.64. The van der Waals surface area contributed by atoms with Crippen LogP contribution in [0.5, 0.6) is 0 Å². The lowest BCUT2D eigenvalue weighted by molar-refractivity contribution is -0.137. The van der Waals surface area contributed by atoms with Gasteiger partial charge in [-0.2, -0.15) is 13.2 Å². The van der Waals surface area contributed by atoms with Gasteiger partial charge in [0.15, 0.2) is 0 Å². The SMILES string of the molecule is CCNC(=O)CCNCC(O)c1cccc(C(F)(F)F)c1. The van der Waals surface area contributed by atoms with Crippen LogP contribution in [0.15, 0.2) is 24.3 Å². The average Bonchev–Trinajstić information content (AvgIpc) is 2.43. The van der Waals surface area contributed by atoms with Gasteiger partial charge in [-0.05, 0) is 24.6 Å². The monoisotopic (exact) mass is 304 g/mol. The van der Waals surface area contributed by atoms with E-state index in [2.05, 4.69) is 10.6 Å². The first-order valence-electron chi connectivity index (χ1n) is 6.67. The minimum absolute atomic E-state index is 0.0840. The Morgan fingerprint density at radius 2 is 2.10 bits per heavy atom. The van der Waals surface area contributed by atoms with E-state index in [4.69, 9.17) is 0 Å². The van der Waals surface area contributed by atoms with Gasteiger partial charge in [-0.3, -0.25) is 4.79 Å². The second-order valence-corrected chi connectivity index (χ2v) is 4.55. The quantitative estimate of drug-likeness (QED) is 0.674. The van der Waals surface area contributed by atoms with E-state index in [1.54, 1.807) is 0 Å². The zero-order chi connectivity index (χ0) is 15.9. The molecular weight excluding hydrogens is 285 g/mol. The van der Waals surface area contributed by atoms with Crippen LogP contribution in [0.1, 0.15) is 30.6 Å². The van der Waals surface area contributed by atoms with E-state index >= 15 is 0 Å². The van der Waals surface area contributed by atoms with Crippen LogP contribution in [-0.2, 0) is 11.0 Å². The topological polar surface area (TPSA) is 61.4 Å². The van der Waals surface area contributed by atoms with E-state index in [1.165, 1.54) is 12.1 Å². The van der Waals surface area contributed by atoms with Crippen LogP contribution in [-0.4, -0.2) is 30.6 Å². The lowest BCUT2D eigenvalue weighted by Gasteiger charge is -2.14. The number of halogens is 3. The number of rotatable bonds is 7. The molecule has 1 aromatic rings. The number of amides is 1. The van der Waals surface area contributed by atoms with Crippen molar-refractivity contribution in [3.8, 4) is 0 Å². The molecule has 118 valence electrons. The Morgan fingerprint density at radius 1 is 1.38 bits per heavy atom. The third kappa shape index (κ3) is 6.14. The number of alkyl halides is 3. The molecule has 1 rings (SSSR count). The molecule has 0 spiro atoms. The van der Waals surface area contributed by atoms with Crippen LogP contribution in [0.4, 0.5) is 13.2 Å². The summed E-state index contributed by atoms with van der Waals surface area (Å²) in [6, 6.07) is 4.58. The number of carbonyl (C=O) groups is 1. The van der Waals surface area contributed by atoms with Crippen molar-refractivity contribution in [2.75, 3.05) is 19.6 Å². The molecule has 4 nitrogen and oxygen atoms in total. The molecule has 7 heteroatoms. The van der Waals surface area contributed by atoms with Crippen molar-refractivity contribution in [1.82, 2.24) is 10.6 Å². The lowest BCUT2D eigenvalue weighted by atomic mass is 10.1. The number of nitrogens with one attached hydrogen (secondary N) is 2.